The van der Waals surface area contributed by atoms with Gasteiger partial charge in [-0.15, -0.1) is 0 Å². The minimum atomic E-state index is -4.71. The van der Waals surface area contributed by atoms with E-state index in [0.29, 0.717) is 16.4 Å². The summed E-state index contributed by atoms with van der Waals surface area (Å²) in [6, 6.07) is 4.15. The predicted octanol–water partition coefficient (Wildman–Crippen LogP) is 4.40. The summed E-state index contributed by atoms with van der Waals surface area (Å²) in [5, 5.41) is 3.12. The van der Waals surface area contributed by atoms with Gasteiger partial charge in [-0.2, -0.15) is 13.2 Å². The van der Waals surface area contributed by atoms with Crippen LogP contribution in [0.1, 0.15) is 33.4 Å². The van der Waals surface area contributed by atoms with Crippen molar-refractivity contribution in [3.63, 3.8) is 0 Å². The van der Waals surface area contributed by atoms with Crippen molar-refractivity contribution in [3.05, 3.63) is 58.8 Å². The van der Waals surface area contributed by atoms with Crippen LogP contribution in [-0.4, -0.2) is 39.1 Å². The molecule has 3 heterocycles. The van der Waals surface area contributed by atoms with E-state index < -0.39 is 24.2 Å². The summed E-state index contributed by atoms with van der Waals surface area (Å²) >= 11 is 6.00. The molecule has 4 rings (SSSR count). The highest BCUT2D eigenvalue weighted by molar-refractivity contribution is 6.32. The van der Waals surface area contributed by atoms with E-state index in [9.17, 15) is 22.8 Å². The zero-order valence-corrected chi connectivity index (χ0v) is 17.0. The summed E-state index contributed by atoms with van der Waals surface area (Å²) in [5.74, 6) is -1.45. The van der Waals surface area contributed by atoms with Crippen molar-refractivity contribution in [3.8, 4) is 0 Å². The zero-order chi connectivity index (χ0) is 23.0. The number of pyridine rings is 1. The highest BCUT2D eigenvalue weighted by atomic mass is 35.5. The number of esters is 1. The number of hydrogen-bond acceptors (Lipinski definition) is 6. The summed E-state index contributed by atoms with van der Waals surface area (Å²) in [5.41, 5.74) is 1.01. The number of ether oxygens (including phenoxy) is 1. The van der Waals surface area contributed by atoms with Gasteiger partial charge in [0, 0.05) is 16.6 Å². The third-order valence-electron chi connectivity index (χ3n) is 4.60. The van der Waals surface area contributed by atoms with Gasteiger partial charge in [0.15, 0.2) is 6.10 Å². The van der Waals surface area contributed by atoms with E-state index in [0.717, 1.165) is 13.0 Å². The number of aromatic amines is 1. The van der Waals surface area contributed by atoms with Crippen LogP contribution >= 0.6 is 11.6 Å². The summed E-state index contributed by atoms with van der Waals surface area (Å²) < 4.78 is 48.3. The fourth-order valence-corrected chi connectivity index (χ4v) is 3.22. The van der Waals surface area contributed by atoms with Gasteiger partial charge in [0.25, 0.3) is 5.91 Å². The lowest BCUT2D eigenvalue weighted by atomic mass is 10.1. The second-order valence-corrected chi connectivity index (χ2v) is 7.28. The van der Waals surface area contributed by atoms with Crippen LogP contribution in [0.5, 0.6) is 0 Å². The first-order chi connectivity index (χ1) is 15.1. The van der Waals surface area contributed by atoms with Crippen LogP contribution in [0.4, 0.5) is 13.2 Å². The molecule has 1 amide bonds. The van der Waals surface area contributed by atoms with E-state index in [-0.39, 0.29) is 34.0 Å². The molecule has 0 saturated carbocycles. The Kier molecular flexibility index (Phi) is 5.51. The molecule has 12 heteroatoms. The van der Waals surface area contributed by atoms with Crippen LogP contribution < -0.4 is 5.32 Å². The smallest absolute Gasteiger partial charge is 0.425 e. The maximum Gasteiger partial charge on any atom is 0.425 e. The molecule has 0 unspecified atom stereocenters. The number of carbonyl (C=O) groups is 2. The Morgan fingerprint density at radius 3 is 2.78 bits per heavy atom. The molecule has 8 nitrogen and oxygen atoms in total. The highest BCUT2D eigenvalue weighted by Gasteiger charge is 2.39. The zero-order valence-electron chi connectivity index (χ0n) is 16.3. The van der Waals surface area contributed by atoms with Crippen molar-refractivity contribution >= 4 is 45.5 Å². The van der Waals surface area contributed by atoms with Crippen molar-refractivity contribution in [2.75, 3.05) is 0 Å². The van der Waals surface area contributed by atoms with Crippen LogP contribution in [0.3, 0.4) is 0 Å². The van der Waals surface area contributed by atoms with E-state index in [4.69, 9.17) is 16.0 Å². The van der Waals surface area contributed by atoms with Gasteiger partial charge in [-0.25, -0.2) is 9.78 Å². The van der Waals surface area contributed by atoms with Crippen LogP contribution in [0.15, 0.2) is 41.3 Å². The molecular formula is C20H14ClF3N4O4. The summed E-state index contributed by atoms with van der Waals surface area (Å²) in [6.07, 6.45) is -2.68. The number of amides is 1. The van der Waals surface area contributed by atoms with E-state index in [1.54, 1.807) is 0 Å². The number of H-pyrrole nitrogens is 1. The number of alkyl halides is 3. The number of furan rings is 1. The van der Waals surface area contributed by atoms with Crippen molar-refractivity contribution in [2.24, 2.45) is 0 Å². The molecule has 1 atom stereocenters. The Bertz CT molecular complexity index is 1330. The number of imidazole rings is 1. The average molecular weight is 467 g/mol. The largest absolute Gasteiger partial charge is 0.458 e. The number of carbonyl (C=O) groups excluding carboxylic acids is 2. The minimum Gasteiger partial charge on any atom is -0.458 e. The molecule has 3 aromatic heterocycles. The summed E-state index contributed by atoms with van der Waals surface area (Å²) in [6.45, 7) is 0.650. The molecule has 0 radical (unpaired) electrons. The molecular weight excluding hydrogens is 453 g/mol. The Labute approximate surface area is 182 Å². The molecule has 0 saturated heterocycles. The lowest BCUT2D eigenvalue weighted by Gasteiger charge is -2.16. The second kappa shape index (κ2) is 8.15. The Morgan fingerprint density at radius 1 is 1.25 bits per heavy atom. The van der Waals surface area contributed by atoms with Gasteiger partial charge in [-0.3, -0.25) is 9.78 Å². The Balaban J connectivity index is 1.56. The number of aromatic nitrogens is 3. The minimum absolute atomic E-state index is 0.00547. The number of nitrogens with zero attached hydrogens (tertiary/aromatic N) is 2. The van der Waals surface area contributed by atoms with Crippen LogP contribution in [0.25, 0.3) is 22.0 Å². The molecule has 1 aromatic carbocycles. The highest BCUT2D eigenvalue weighted by Crippen LogP contribution is 2.30. The van der Waals surface area contributed by atoms with Gasteiger partial charge in [0.05, 0.1) is 30.1 Å². The number of halogens is 4. The standard InChI is InChI=1S/C20H14ClF3N4O4/c1-9(20(22,23)24)31-19(30)13-4-11(21)2-10-3-12(32-17(10)13)5-26-18(29)14-6-25-7-15-16(14)28-8-27-15/h2-4,6-9H,5H2,1H3,(H,26,29)(H,27,28)/t9-/m1/s1. The number of fused-ring (bicyclic) bond motifs is 2. The monoisotopic (exact) mass is 466 g/mol. The van der Waals surface area contributed by atoms with Gasteiger partial charge < -0.3 is 19.5 Å². The molecule has 2 N–H and O–H groups in total. The molecule has 0 fully saturated rings. The lowest BCUT2D eigenvalue weighted by molar-refractivity contribution is -0.198. The third-order valence-corrected chi connectivity index (χ3v) is 4.81. The van der Waals surface area contributed by atoms with Crippen LogP contribution in [-0.2, 0) is 11.3 Å². The molecule has 32 heavy (non-hydrogen) atoms. The fraction of sp³-hybridized carbons (Fsp3) is 0.200. The van der Waals surface area contributed by atoms with Crippen molar-refractivity contribution in [2.45, 2.75) is 25.7 Å². The predicted molar refractivity (Wildman–Crippen MR) is 107 cm³/mol. The molecule has 0 aliphatic rings. The average Bonchev–Trinajstić information content (AvgIpc) is 3.36. The topological polar surface area (TPSA) is 110 Å². The first-order valence-electron chi connectivity index (χ1n) is 9.18. The molecule has 0 spiro atoms. The van der Waals surface area contributed by atoms with Crippen molar-refractivity contribution in [1.29, 1.82) is 0 Å². The number of hydrogen-bond donors (Lipinski definition) is 2. The fourth-order valence-electron chi connectivity index (χ4n) is 2.99. The quantitative estimate of drug-likeness (QED) is 0.422. The first kappa shape index (κ1) is 21.6. The maximum absolute atomic E-state index is 12.7. The Morgan fingerprint density at radius 2 is 2.03 bits per heavy atom. The van der Waals surface area contributed by atoms with Gasteiger partial charge in [-0.05, 0) is 25.1 Å². The first-order valence-corrected chi connectivity index (χ1v) is 9.56. The SMILES string of the molecule is C[C@@H](OC(=O)c1cc(Cl)cc2cc(CNC(=O)c3cncc4[nH]cnc34)oc12)C(F)(F)F. The summed E-state index contributed by atoms with van der Waals surface area (Å²) in [7, 11) is 0. The number of rotatable bonds is 5. The molecule has 166 valence electrons. The van der Waals surface area contributed by atoms with Crippen LogP contribution in [0.2, 0.25) is 5.02 Å². The molecule has 0 aliphatic carbocycles. The Hall–Kier alpha value is -3.60. The van der Waals surface area contributed by atoms with E-state index in [1.807, 2.05) is 0 Å². The van der Waals surface area contributed by atoms with Gasteiger partial charge in [0.2, 0.25) is 0 Å². The van der Waals surface area contributed by atoms with Crippen molar-refractivity contribution < 1.29 is 31.9 Å². The maximum atomic E-state index is 12.7. The van der Waals surface area contributed by atoms with Gasteiger partial charge >= 0.3 is 12.1 Å². The van der Waals surface area contributed by atoms with Crippen LogP contribution in [0, 0.1) is 0 Å². The van der Waals surface area contributed by atoms with E-state index >= 15 is 0 Å². The number of nitrogens with one attached hydrogen (secondary N) is 2. The second-order valence-electron chi connectivity index (χ2n) is 6.84. The lowest BCUT2D eigenvalue weighted by Crippen LogP contribution is -2.30. The molecule has 0 bridgehead atoms. The normalized spacial score (nSPS) is 12.8. The molecule has 4 aromatic rings. The van der Waals surface area contributed by atoms with E-state index in [2.05, 4.69) is 25.0 Å². The van der Waals surface area contributed by atoms with E-state index in [1.165, 1.54) is 30.9 Å². The van der Waals surface area contributed by atoms with Gasteiger partial charge in [-0.1, -0.05) is 11.6 Å². The summed E-state index contributed by atoms with van der Waals surface area (Å²) in [4.78, 5) is 35.8. The number of benzene rings is 1. The molecule has 0 aliphatic heterocycles. The van der Waals surface area contributed by atoms with Crippen molar-refractivity contribution in [1.82, 2.24) is 20.3 Å². The van der Waals surface area contributed by atoms with Gasteiger partial charge in [0.1, 0.15) is 22.4 Å². The third kappa shape index (κ3) is 4.24.